The third-order valence-corrected chi connectivity index (χ3v) is 4.05. The molecule has 0 aliphatic carbocycles. The van der Waals surface area contributed by atoms with Crippen molar-refractivity contribution in [2.75, 3.05) is 5.32 Å². The molecule has 0 atom stereocenters. The minimum atomic E-state index is -4.69. The molecule has 9 heteroatoms. The number of benzene rings is 1. The van der Waals surface area contributed by atoms with Crippen molar-refractivity contribution in [1.82, 2.24) is 9.97 Å². The molecule has 114 valence electrons. The third-order valence-electron chi connectivity index (χ3n) is 2.49. The normalized spacial score (nSPS) is 11.4. The van der Waals surface area contributed by atoms with Crippen molar-refractivity contribution in [3.05, 3.63) is 41.2 Å². The van der Waals surface area contributed by atoms with Crippen LogP contribution in [0.15, 0.2) is 41.2 Å². The molecular weight excluding hydrogens is 335 g/mol. The van der Waals surface area contributed by atoms with Crippen LogP contribution >= 0.6 is 22.7 Å². The molecule has 2 heterocycles. The lowest BCUT2D eigenvalue weighted by Gasteiger charge is -2.09. The molecule has 0 aliphatic heterocycles. The Hall–Kier alpha value is -2.13. The molecule has 0 saturated carbocycles. The van der Waals surface area contributed by atoms with Crippen molar-refractivity contribution in [3.8, 4) is 16.5 Å². The van der Waals surface area contributed by atoms with E-state index in [0.29, 0.717) is 10.8 Å². The molecule has 0 aliphatic rings. The summed E-state index contributed by atoms with van der Waals surface area (Å²) in [6.07, 6.45) is -2.99. The number of nitrogens with one attached hydrogen (secondary N) is 1. The molecule has 2 aromatic heterocycles. The zero-order chi connectivity index (χ0) is 15.6. The van der Waals surface area contributed by atoms with Gasteiger partial charge in [0.15, 0.2) is 5.13 Å². The Balaban J connectivity index is 1.68. The second kappa shape index (κ2) is 5.93. The summed E-state index contributed by atoms with van der Waals surface area (Å²) in [5.41, 5.74) is 1.38. The monoisotopic (exact) mass is 343 g/mol. The summed E-state index contributed by atoms with van der Waals surface area (Å²) in [5, 5.41) is 8.20. The zero-order valence-corrected chi connectivity index (χ0v) is 12.4. The molecule has 3 rings (SSSR count). The number of ether oxygens (including phenoxy) is 1. The van der Waals surface area contributed by atoms with Gasteiger partial charge in [0.1, 0.15) is 16.5 Å². The van der Waals surface area contributed by atoms with E-state index in [1.807, 2.05) is 10.8 Å². The molecule has 0 fully saturated rings. The third kappa shape index (κ3) is 3.74. The van der Waals surface area contributed by atoms with Gasteiger partial charge in [-0.1, -0.05) is 0 Å². The molecule has 1 N–H and O–H groups in total. The maximum absolute atomic E-state index is 12.1. The summed E-state index contributed by atoms with van der Waals surface area (Å²) in [6.45, 7) is 0. The van der Waals surface area contributed by atoms with E-state index in [1.165, 1.54) is 46.9 Å². The Morgan fingerprint density at radius 1 is 1.09 bits per heavy atom. The van der Waals surface area contributed by atoms with E-state index in [2.05, 4.69) is 20.0 Å². The van der Waals surface area contributed by atoms with Crippen LogP contribution in [0, 0.1) is 0 Å². The van der Waals surface area contributed by atoms with Gasteiger partial charge in [-0.05, 0) is 24.3 Å². The van der Waals surface area contributed by atoms with Crippen LogP contribution < -0.4 is 10.1 Å². The van der Waals surface area contributed by atoms with Crippen LogP contribution in [-0.4, -0.2) is 16.3 Å². The highest BCUT2D eigenvalue weighted by Crippen LogP contribution is 2.29. The summed E-state index contributed by atoms with van der Waals surface area (Å²) in [6, 6.07) is 5.47. The maximum Gasteiger partial charge on any atom is 0.573 e. The molecular formula is C13H8F3N3OS2. The summed E-state index contributed by atoms with van der Waals surface area (Å²) in [5.74, 6) is -0.263. The number of thiazole rings is 2. The van der Waals surface area contributed by atoms with Crippen LogP contribution in [-0.2, 0) is 0 Å². The van der Waals surface area contributed by atoms with Gasteiger partial charge in [0.05, 0.1) is 0 Å². The van der Waals surface area contributed by atoms with Gasteiger partial charge < -0.3 is 10.1 Å². The number of anilines is 2. The lowest BCUT2D eigenvalue weighted by atomic mass is 10.3. The second-order valence-electron chi connectivity index (χ2n) is 4.07. The van der Waals surface area contributed by atoms with E-state index in [-0.39, 0.29) is 5.75 Å². The number of nitrogens with zero attached hydrogens (tertiary/aromatic N) is 2. The Morgan fingerprint density at radius 2 is 1.86 bits per heavy atom. The lowest BCUT2D eigenvalue weighted by Crippen LogP contribution is -2.16. The summed E-state index contributed by atoms with van der Waals surface area (Å²) >= 11 is 2.88. The van der Waals surface area contributed by atoms with E-state index < -0.39 is 6.36 Å². The van der Waals surface area contributed by atoms with E-state index in [9.17, 15) is 13.2 Å². The average molecular weight is 343 g/mol. The van der Waals surface area contributed by atoms with Crippen LogP contribution in [0.1, 0.15) is 0 Å². The quantitative estimate of drug-likeness (QED) is 0.731. The van der Waals surface area contributed by atoms with Gasteiger partial charge in [0.2, 0.25) is 0 Å². The number of hydrogen-bond donors (Lipinski definition) is 1. The number of rotatable bonds is 4. The van der Waals surface area contributed by atoms with E-state index >= 15 is 0 Å². The molecule has 0 bridgehead atoms. The van der Waals surface area contributed by atoms with Crippen LogP contribution in [0.5, 0.6) is 5.75 Å². The van der Waals surface area contributed by atoms with Crippen molar-refractivity contribution in [3.63, 3.8) is 0 Å². The van der Waals surface area contributed by atoms with Crippen molar-refractivity contribution in [2.45, 2.75) is 6.36 Å². The largest absolute Gasteiger partial charge is 0.573 e. The maximum atomic E-state index is 12.1. The van der Waals surface area contributed by atoms with Gasteiger partial charge in [-0.3, -0.25) is 0 Å². The van der Waals surface area contributed by atoms with Crippen molar-refractivity contribution < 1.29 is 17.9 Å². The summed E-state index contributed by atoms with van der Waals surface area (Å²) < 4.78 is 40.0. The molecule has 1 aromatic carbocycles. The predicted molar refractivity (Wildman–Crippen MR) is 79.6 cm³/mol. The topological polar surface area (TPSA) is 47.0 Å². The molecule has 0 radical (unpaired) electrons. The standard InChI is InChI=1S/C13H8F3N3OS2/c14-13(15,16)20-9-3-1-8(2-4-9)18-12-19-10(7-22-12)11-17-5-6-21-11/h1-7H,(H,18,19). The van der Waals surface area contributed by atoms with Gasteiger partial charge in [0, 0.05) is 22.6 Å². The van der Waals surface area contributed by atoms with Crippen LogP contribution in [0.25, 0.3) is 10.7 Å². The molecule has 3 aromatic rings. The lowest BCUT2D eigenvalue weighted by molar-refractivity contribution is -0.274. The predicted octanol–water partition coefficient (Wildman–Crippen LogP) is 4.91. The molecule has 0 saturated heterocycles. The fourth-order valence-electron chi connectivity index (χ4n) is 1.64. The van der Waals surface area contributed by atoms with E-state index in [0.717, 1.165) is 10.7 Å². The van der Waals surface area contributed by atoms with Crippen molar-refractivity contribution >= 4 is 33.5 Å². The molecule has 0 spiro atoms. The van der Waals surface area contributed by atoms with Crippen molar-refractivity contribution in [1.29, 1.82) is 0 Å². The average Bonchev–Trinajstić information content (AvgIpc) is 3.10. The number of alkyl halides is 3. The minimum Gasteiger partial charge on any atom is -0.406 e. The fourth-order valence-corrected chi connectivity index (χ4v) is 3.03. The number of halogens is 3. The first-order chi connectivity index (χ1) is 10.5. The Bertz CT molecular complexity index is 739. The van der Waals surface area contributed by atoms with Gasteiger partial charge in [-0.15, -0.1) is 35.8 Å². The van der Waals surface area contributed by atoms with Crippen LogP contribution in [0.3, 0.4) is 0 Å². The summed E-state index contributed by atoms with van der Waals surface area (Å²) in [4.78, 5) is 8.54. The molecule has 4 nitrogen and oxygen atoms in total. The SMILES string of the molecule is FC(F)(F)Oc1ccc(Nc2nc(-c3nccs3)cs2)cc1. The van der Waals surface area contributed by atoms with Crippen LogP contribution in [0.2, 0.25) is 0 Å². The number of aromatic nitrogens is 2. The van der Waals surface area contributed by atoms with Crippen molar-refractivity contribution in [2.24, 2.45) is 0 Å². The summed E-state index contributed by atoms with van der Waals surface area (Å²) in [7, 11) is 0. The molecule has 0 amide bonds. The Labute approximate surface area is 131 Å². The fraction of sp³-hybridized carbons (Fsp3) is 0.0769. The second-order valence-corrected chi connectivity index (χ2v) is 5.83. The first-order valence-electron chi connectivity index (χ1n) is 5.98. The minimum absolute atomic E-state index is 0.263. The van der Waals surface area contributed by atoms with Crippen LogP contribution in [0.4, 0.5) is 24.0 Å². The smallest absolute Gasteiger partial charge is 0.406 e. The molecule has 22 heavy (non-hydrogen) atoms. The van der Waals surface area contributed by atoms with Gasteiger partial charge >= 0.3 is 6.36 Å². The Morgan fingerprint density at radius 3 is 2.50 bits per heavy atom. The first-order valence-corrected chi connectivity index (χ1v) is 7.74. The van der Waals surface area contributed by atoms with E-state index in [1.54, 1.807) is 6.20 Å². The van der Waals surface area contributed by atoms with Gasteiger partial charge in [-0.2, -0.15) is 0 Å². The first kappa shape index (κ1) is 14.8. The highest BCUT2D eigenvalue weighted by Gasteiger charge is 2.30. The van der Waals surface area contributed by atoms with Gasteiger partial charge in [-0.25, -0.2) is 9.97 Å². The number of hydrogen-bond acceptors (Lipinski definition) is 6. The van der Waals surface area contributed by atoms with Gasteiger partial charge in [0.25, 0.3) is 0 Å². The van der Waals surface area contributed by atoms with E-state index in [4.69, 9.17) is 0 Å². The highest BCUT2D eigenvalue weighted by atomic mass is 32.1. The highest BCUT2D eigenvalue weighted by molar-refractivity contribution is 7.15. The molecule has 0 unspecified atom stereocenters. The Kier molecular flexibility index (Phi) is 3.99. The zero-order valence-electron chi connectivity index (χ0n) is 10.8.